The molecule has 0 saturated heterocycles. The molecular formula is C17H13ClN2O7. The number of fused-ring (bicyclic) bond motifs is 1. The summed E-state index contributed by atoms with van der Waals surface area (Å²) in [5.41, 5.74) is 0.425. The molecule has 1 aliphatic heterocycles. The van der Waals surface area contributed by atoms with E-state index in [1.807, 2.05) is 6.92 Å². The quantitative estimate of drug-likeness (QED) is 0.472. The lowest BCUT2D eigenvalue weighted by atomic mass is 10.1. The molecule has 9 nitrogen and oxygen atoms in total. The first-order valence-electron chi connectivity index (χ1n) is 7.66. The van der Waals surface area contributed by atoms with Gasteiger partial charge in [-0.25, -0.2) is 4.79 Å². The number of benzene rings is 2. The Morgan fingerprint density at radius 2 is 1.96 bits per heavy atom. The minimum Gasteiger partial charge on any atom is -0.454 e. The zero-order valence-corrected chi connectivity index (χ0v) is 14.7. The number of nitrogens with one attached hydrogen (secondary N) is 1. The highest BCUT2D eigenvalue weighted by Gasteiger charge is 2.28. The molecular weight excluding hydrogens is 380 g/mol. The van der Waals surface area contributed by atoms with Crippen LogP contribution in [0.1, 0.15) is 15.9 Å². The second-order valence-electron chi connectivity index (χ2n) is 5.59. The average molecular weight is 393 g/mol. The predicted molar refractivity (Wildman–Crippen MR) is 94.3 cm³/mol. The van der Waals surface area contributed by atoms with Crippen LogP contribution in [0.3, 0.4) is 0 Å². The van der Waals surface area contributed by atoms with Crippen LogP contribution in [0.2, 0.25) is 5.02 Å². The van der Waals surface area contributed by atoms with E-state index in [-0.39, 0.29) is 23.9 Å². The fourth-order valence-corrected chi connectivity index (χ4v) is 2.64. The summed E-state index contributed by atoms with van der Waals surface area (Å²) in [5, 5.41) is 14.0. The molecule has 140 valence electrons. The summed E-state index contributed by atoms with van der Waals surface area (Å²) in [7, 11) is 0. The van der Waals surface area contributed by atoms with Gasteiger partial charge in [-0.2, -0.15) is 0 Å². The van der Waals surface area contributed by atoms with Crippen molar-refractivity contribution in [1.29, 1.82) is 0 Å². The van der Waals surface area contributed by atoms with Crippen LogP contribution >= 0.6 is 11.6 Å². The molecule has 3 rings (SSSR count). The zero-order valence-electron chi connectivity index (χ0n) is 14.0. The number of anilines is 1. The third-order valence-electron chi connectivity index (χ3n) is 3.64. The topological polar surface area (TPSA) is 117 Å². The Labute approximate surface area is 157 Å². The number of ether oxygens (including phenoxy) is 3. The summed E-state index contributed by atoms with van der Waals surface area (Å²) < 4.78 is 15.0. The van der Waals surface area contributed by atoms with E-state index in [1.54, 1.807) is 18.2 Å². The van der Waals surface area contributed by atoms with Gasteiger partial charge in [0.1, 0.15) is 5.56 Å². The second-order valence-corrected chi connectivity index (χ2v) is 5.99. The fraction of sp³-hybridized carbons (Fsp3) is 0.176. The molecule has 0 unspecified atom stereocenters. The van der Waals surface area contributed by atoms with Gasteiger partial charge in [-0.05, 0) is 24.6 Å². The minimum absolute atomic E-state index is 0.106. The van der Waals surface area contributed by atoms with Crippen molar-refractivity contribution < 1.29 is 28.7 Å². The van der Waals surface area contributed by atoms with Gasteiger partial charge in [0.15, 0.2) is 18.1 Å². The predicted octanol–water partition coefficient (Wildman–Crippen LogP) is 3.08. The van der Waals surface area contributed by atoms with E-state index < -0.39 is 29.1 Å². The Balaban J connectivity index is 1.69. The molecule has 0 spiro atoms. The van der Waals surface area contributed by atoms with Gasteiger partial charge in [0.05, 0.1) is 21.7 Å². The second kappa shape index (κ2) is 7.50. The summed E-state index contributed by atoms with van der Waals surface area (Å²) >= 11 is 6.02. The third kappa shape index (κ3) is 4.09. The maximum Gasteiger partial charge on any atom is 0.345 e. The highest BCUT2D eigenvalue weighted by Crippen LogP contribution is 2.38. The van der Waals surface area contributed by atoms with Gasteiger partial charge < -0.3 is 19.5 Å². The fourth-order valence-electron chi connectivity index (χ4n) is 2.36. The van der Waals surface area contributed by atoms with Crippen molar-refractivity contribution in [3.63, 3.8) is 0 Å². The van der Waals surface area contributed by atoms with Crippen LogP contribution in [0.4, 0.5) is 11.4 Å². The first kappa shape index (κ1) is 18.5. The lowest BCUT2D eigenvalue weighted by molar-refractivity contribution is -0.385. The number of rotatable bonds is 5. The molecule has 0 bridgehead atoms. The Bertz CT molecular complexity index is 945. The number of hydrogen-bond acceptors (Lipinski definition) is 7. The number of nitro groups is 1. The molecule has 2 aromatic carbocycles. The van der Waals surface area contributed by atoms with Gasteiger partial charge in [0.2, 0.25) is 6.79 Å². The van der Waals surface area contributed by atoms with Crippen LogP contribution in [0, 0.1) is 17.0 Å². The summed E-state index contributed by atoms with van der Waals surface area (Å²) in [6.07, 6.45) is 0. The Kier molecular flexibility index (Phi) is 5.13. The van der Waals surface area contributed by atoms with Crippen molar-refractivity contribution in [2.75, 3.05) is 18.7 Å². The van der Waals surface area contributed by atoms with E-state index >= 15 is 0 Å². The SMILES string of the molecule is Cc1ccc(NC(=O)COC(=O)c2cc3c(cc2[N+](=O)[O-])OCO3)c(Cl)c1. The van der Waals surface area contributed by atoms with Crippen molar-refractivity contribution in [1.82, 2.24) is 0 Å². The molecule has 0 saturated carbocycles. The lowest BCUT2D eigenvalue weighted by Gasteiger charge is -2.09. The first-order valence-corrected chi connectivity index (χ1v) is 8.04. The zero-order chi connectivity index (χ0) is 19.6. The molecule has 0 atom stereocenters. The van der Waals surface area contributed by atoms with Crippen molar-refractivity contribution in [2.45, 2.75) is 6.92 Å². The van der Waals surface area contributed by atoms with Crippen molar-refractivity contribution >= 4 is 34.9 Å². The number of amides is 1. The third-order valence-corrected chi connectivity index (χ3v) is 3.95. The normalized spacial score (nSPS) is 11.8. The lowest BCUT2D eigenvalue weighted by Crippen LogP contribution is -2.21. The molecule has 0 radical (unpaired) electrons. The molecule has 2 aromatic rings. The maximum absolute atomic E-state index is 12.2. The summed E-state index contributed by atoms with van der Waals surface area (Å²) in [6.45, 7) is 1.09. The van der Waals surface area contributed by atoms with Crippen LogP contribution < -0.4 is 14.8 Å². The van der Waals surface area contributed by atoms with Crippen LogP contribution in [0.25, 0.3) is 0 Å². The van der Waals surface area contributed by atoms with E-state index in [1.165, 1.54) is 0 Å². The van der Waals surface area contributed by atoms with E-state index in [4.69, 9.17) is 25.8 Å². The number of carbonyl (C=O) groups is 2. The Morgan fingerprint density at radius 1 is 1.26 bits per heavy atom. The maximum atomic E-state index is 12.2. The van der Waals surface area contributed by atoms with E-state index in [0.717, 1.165) is 17.7 Å². The minimum atomic E-state index is -1.04. The molecule has 0 aliphatic carbocycles. The van der Waals surface area contributed by atoms with Crippen molar-refractivity contribution in [2.24, 2.45) is 0 Å². The number of aryl methyl sites for hydroxylation is 1. The van der Waals surface area contributed by atoms with E-state index in [9.17, 15) is 19.7 Å². The van der Waals surface area contributed by atoms with Crippen molar-refractivity contribution in [3.05, 3.63) is 56.6 Å². The number of halogens is 1. The Hall–Kier alpha value is -3.33. The molecule has 1 N–H and O–H groups in total. The number of esters is 1. The van der Waals surface area contributed by atoms with E-state index in [0.29, 0.717) is 10.7 Å². The standard InChI is InChI=1S/C17H13ClN2O7/c1-9-2-3-12(11(18)4-9)19-16(21)7-25-17(22)10-5-14-15(27-8-26-14)6-13(10)20(23)24/h2-6H,7-8H2,1H3,(H,19,21). The molecule has 10 heteroatoms. The highest BCUT2D eigenvalue weighted by atomic mass is 35.5. The molecule has 1 heterocycles. The first-order chi connectivity index (χ1) is 12.8. The van der Waals surface area contributed by atoms with Gasteiger partial charge in [-0.1, -0.05) is 17.7 Å². The van der Waals surface area contributed by atoms with Crippen LogP contribution in [-0.2, 0) is 9.53 Å². The number of nitro benzene ring substituents is 1. The van der Waals surface area contributed by atoms with Crippen molar-refractivity contribution in [3.8, 4) is 11.5 Å². The summed E-state index contributed by atoms with van der Waals surface area (Å²) in [6, 6.07) is 7.26. The van der Waals surface area contributed by atoms with Gasteiger partial charge in [0.25, 0.3) is 11.6 Å². The van der Waals surface area contributed by atoms with Crippen LogP contribution in [0.15, 0.2) is 30.3 Å². The van der Waals surface area contributed by atoms with Crippen LogP contribution in [0.5, 0.6) is 11.5 Å². The summed E-state index contributed by atoms with van der Waals surface area (Å²) in [5.74, 6) is -1.34. The number of carbonyl (C=O) groups excluding carboxylic acids is 2. The number of nitrogens with zero attached hydrogens (tertiary/aromatic N) is 1. The molecule has 27 heavy (non-hydrogen) atoms. The van der Waals surface area contributed by atoms with Gasteiger partial charge in [-0.3, -0.25) is 14.9 Å². The van der Waals surface area contributed by atoms with Crippen LogP contribution in [-0.4, -0.2) is 30.2 Å². The molecule has 0 fully saturated rings. The Morgan fingerprint density at radius 3 is 2.63 bits per heavy atom. The average Bonchev–Trinajstić information content (AvgIpc) is 3.08. The largest absolute Gasteiger partial charge is 0.454 e. The summed E-state index contributed by atoms with van der Waals surface area (Å²) in [4.78, 5) is 34.6. The molecule has 0 aromatic heterocycles. The van der Waals surface area contributed by atoms with Gasteiger partial charge >= 0.3 is 5.97 Å². The molecule has 1 aliphatic rings. The van der Waals surface area contributed by atoms with Gasteiger partial charge in [0, 0.05) is 6.07 Å². The van der Waals surface area contributed by atoms with E-state index in [2.05, 4.69) is 5.32 Å². The highest BCUT2D eigenvalue weighted by molar-refractivity contribution is 6.33. The monoisotopic (exact) mass is 392 g/mol. The number of hydrogen-bond donors (Lipinski definition) is 1. The molecule has 1 amide bonds. The smallest absolute Gasteiger partial charge is 0.345 e. The van der Waals surface area contributed by atoms with Gasteiger partial charge in [-0.15, -0.1) is 0 Å².